The Morgan fingerprint density at radius 2 is 2.22 bits per heavy atom. The number of benzene rings is 1. The number of carbonyl (C=O) groups is 1. The van der Waals surface area contributed by atoms with E-state index >= 15 is 0 Å². The van der Waals surface area contributed by atoms with Crippen LogP contribution in [0.4, 0.5) is 15.8 Å². The van der Waals surface area contributed by atoms with Crippen molar-refractivity contribution in [1.29, 1.82) is 0 Å². The van der Waals surface area contributed by atoms with Gasteiger partial charge in [-0.2, -0.15) is 0 Å². The van der Waals surface area contributed by atoms with Crippen molar-refractivity contribution >= 4 is 17.3 Å². The maximum absolute atomic E-state index is 13.5. The molecule has 5 nitrogen and oxygen atoms in total. The van der Waals surface area contributed by atoms with Crippen LogP contribution in [0.25, 0.3) is 0 Å². The lowest BCUT2D eigenvalue weighted by Crippen LogP contribution is -2.13. The van der Waals surface area contributed by atoms with Crippen molar-refractivity contribution in [2.24, 2.45) is 0 Å². The number of nitrogens with two attached hydrogens (primary N) is 1. The van der Waals surface area contributed by atoms with E-state index in [0.717, 1.165) is 0 Å². The number of nitrogens with one attached hydrogen (secondary N) is 2. The van der Waals surface area contributed by atoms with Crippen molar-refractivity contribution in [3.8, 4) is 5.75 Å². The zero-order valence-electron chi connectivity index (χ0n) is 9.66. The normalized spacial score (nSPS) is 10.1. The molecule has 0 aliphatic rings. The van der Waals surface area contributed by atoms with Crippen LogP contribution >= 0.6 is 0 Å². The summed E-state index contributed by atoms with van der Waals surface area (Å²) in [5, 5.41) is 2.43. The van der Waals surface area contributed by atoms with Gasteiger partial charge < -0.3 is 20.8 Å². The van der Waals surface area contributed by atoms with Gasteiger partial charge in [-0.25, -0.2) is 4.39 Å². The van der Waals surface area contributed by atoms with E-state index in [2.05, 4.69) is 10.3 Å². The highest BCUT2D eigenvalue weighted by molar-refractivity contribution is 6.03. The van der Waals surface area contributed by atoms with Gasteiger partial charge in [0, 0.05) is 18.0 Å². The van der Waals surface area contributed by atoms with E-state index in [0.29, 0.717) is 11.4 Å². The number of nitrogen functional groups attached to an aromatic ring is 1. The second-order valence-electron chi connectivity index (χ2n) is 3.65. The number of aromatic nitrogens is 1. The number of anilines is 2. The molecule has 2 rings (SSSR count). The molecule has 0 unspecified atom stereocenters. The van der Waals surface area contributed by atoms with Crippen molar-refractivity contribution in [2.45, 2.75) is 0 Å². The third-order valence-corrected chi connectivity index (χ3v) is 2.37. The van der Waals surface area contributed by atoms with E-state index in [4.69, 9.17) is 10.5 Å². The van der Waals surface area contributed by atoms with E-state index in [9.17, 15) is 9.18 Å². The first-order chi connectivity index (χ1) is 8.60. The molecular formula is C12H12FN3O2. The Morgan fingerprint density at radius 3 is 2.83 bits per heavy atom. The monoisotopic (exact) mass is 249 g/mol. The number of hydrogen-bond acceptors (Lipinski definition) is 3. The van der Waals surface area contributed by atoms with Crippen molar-refractivity contribution in [3.05, 3.63) is 42.0 Å². The number of ether oxygens (including phenoxy) is 1. The predicted octanol–water partition coefficient (Wildman–Crippen LogP) is 2.00. The number of amides is 1. The van der Waals surface area contributed by atoms with Crippen molar-refractivity contribution in [3.63, 3.8) is 0 Å². The average molecular weight is 249 g/mol. The molecule has 94 valence electrons. The molecule has 0 radical (unpaired) electrons. The molecule has 0 aliphatic carbocycles. The maximum Gasteiger partial charge on any atom is 0.272 e. The molecule has 1 heterocycles. The number of aromatic amines is 1. The van der Waals surface area contributed by atoms with Crippen LogP contribution in [-0.4, -0.2) is 18.0 Å². The van der Waals surface area contributed by atoms with Crippen LogP contribution in [0.3, 0.4) is 0 Å². The minimum Gasteiger partial charge on any atom is -0.497 e. The van der Waals surface area contributed by atoms with E-state index in [-0.39, 0.29) is 11.4 Å². The first-order valence-electron chi connectivity index (χ1n) is 5.19. The molecule has 0 saturated carbocycles. The van der Waals surface area contributed by atoms with Gasteiger partial charge in [-0.15, -0.1) is 0 Å². The van der Waals surface area contributed by atoms with Crippen molar-refractivity contribution in [2.75, 3.05) is 18.2 Å². The molecule has 1 aromatic carbocycles. The molecule has 0 spiro atoms. The van der Waals surface area contributed by atoms with Gasteiger partial charge in [0.1, 0.15) is 17.3 Å². The van der Waals surface area contributed by atoms with Crippen molar-refractivity contribution < 1.29 is 13.9 Å². The number of halogens is 1. The standard InChI is InChI=1S/C12H12FN3O2/c1-18-8-2-3-9(13)10(5-8)16-12(17)11-4-7(14)6-15-11/h2-6,15H,14H2,1H3,(H,16,17). The Labute approximate surface area is 103 Å². The van der Waals surface area contributed by atoms with Crippen LogP contribution < -0.4 is 15.8 Å². The van der Waals surface area contributed by atoms with E-state index in [1.807, 2.05) is 0 Å². The van der Waals surface area contributed by atoms with Gasteiger partial charge in [0.15, 0.2) is 0 Å². The summed E-state index contributed by atoms with van der Waals surface area (Å²) in [5.41, 5.74) is 6.22. The van der Waals surface area contributed by atoms with Crippen LogP contribution in [0, 0.1) is 5.82 Å². The Hall–Kier alpha value is -2.50. The van der Waals surface area contributed by atoms with E-state index in [1.165, 1.54) is 37.6 Å². The molecule has 2 aromatic rings. The Morgan fingerprint density at radius 1 is 1.44 bits per heavy atom. The molecule has 1 amide bonds. The summed E-state index contributed by atoms with van der Waals surface area (Å²) < 4.78 is 18.4. The van der Waals surface area contributed by atoms with Crippen LogP contribution in [0.5, 0.6) is 5.75 Å². The number of carbonyl (C=O) groups excluding carboxylic acids is 1. The summed E-state index contributed by atoms with van der Waals surface area (Å²) in [6, 6.07) is 5.56. The molecule has 0 bridgehead atoms. The third kappa shape index (κ3) is 2.42. The van der Waals surface area contributed by atoms with Gasteiger partial charge in [-0.05, 0) is 18.2 Å². The quantitative estimate of drug-likeness (QED) is 0.778. The molecule has 18 heavy (non-hydrogen) atoms. The lowest BCUT2D eigenvalue weighted by molar-refractivity contribution is 0.102. The summed E-state index contributed by atoms with van der Waals surface area (Å²) in [6.45, 7) is 0. The summed E-state index contributed by atoms with van der Waals surface area (Å²) in [4.78, 5) is 14.5. The van der Waals surface area contributed by atoms with Gasteiger partial charge in [0.05, 0.1) is 12.8 Å². The molecule has 1 aromatic heterocycles. The SMILES string of the molecule is COc1ccc(F)c(NC(=O)c2cc(N)c[nH]2)c1. The summed E-state index contributed by atoms with van der Waals surface area (Å²) in [7, 11) is 1.46. The van der Waals surface area contributed by atoms with Gasteiger partial charge in [0.2, 0.25) is 0 Å². The minimum atomic E-state index is -0.538. The third-order valence-electron chi connectivity index (χ3n) is 2.37. The summed E-state index contributed by atoms with van der Waals surface area (Å²) in [5.74, 6) is -0.555. The number of hydrogen-bond donors (Lipinski definition) is 3. The van der Waals surface area contributed by atoms with Crippen LogP contribution in [-0.2, 0) is 0 Å². The maximum atomic E-state index is 13.5. The van der Waals surface area contributed by atoms with Crippen LogP contribution in [0.1, 0.15) is 10.5 Å². The molecule has 0 fully saturated rings. The topological polar surface area (TPSA) is 80.1 Å². The Bertz CT molecular complexity index is 580. The first-order valence-corrected chi connectivity index (χ1v) is 5.19. The highest BCUT2D eigenvalue weighted by Gasteiger charge is 2.11. The molecular weight excluding hydrogens is 237 g/mol. The smallest absolute Gasteiger partial charge is 0.272 e. The number of H-pyrrole nitrogens is 1. The summed E-state index contributed by atoms with van der Waals surface area (Å²) >= 11 is 0. The zero-order chi connectivity index (χ0) is 13.1. The van der Waals surface area contributed by atoms with Gasteiger partial charge in [-0.1, -0.05) is 0 Å². The second-order valence-corrected chi connectivity index (χ2v) is 3.65. The fourth-order valence-corrected chi connectivity index (χ4v) is 1.46. The zero-order valence-corrected chi connectivity index (χ0v) is 9.66. The number of methoxy groups -OCH3 is 1. The largest absolute Gasteiger partial charge is 0.497 e. The fraction of sp³-hybridized carbons (Fsp3) is 0.0833. The summed E-state index contributed by atoms with van der Waals surface area (Å²) in [6.07, 6.45) is 1.48. The van der Waals surface area contributed by atoms with Gasteiger partial charge in [-0.3, -0.25) is 4.79 Å². The van der Waals surface area contributed by atoms with Gasteiger partial charge in [0.25, 0.3) is 5.91 Å². The Balaban J connectivity index is 2.21. The molecule has 6 heteroatoms. The predicted molar refractivity (Wildman–Crippen MR) is 66.1 cm³/mol. The molecule has 0 saturated heterocycles. The first kappa shape index (κ1) is 12.0. The average Bonchev–Trinajstić information content (AvgIpc) is 2.79. The lowest BCUT2D eigenvalue weighted by atomic mass is 10.2. The highest BCUT2D eigenvalue weighted by Crippen LogP contribution is 2.21. The lowest BCUT2D eigenvalue weighted by Gasteiger charge is -2.07. The molecule has 0 aliphatic heterocycles. The van der Waals surface area contributed by atoms with E-state index < -0.39 is 11.7 Å². The second kappa shape index (κ2) is 4.79. The Kier molecular flexibility index (Phi) is 3.18. The highest BCUT2D eigenvalue weighted by atomic mass is 19.1. The van der Waals surface area contributed by atoms with Crippen LogP contribution in [0.15, 0.2) is 30.5 Å². The van der Waals surface area contributed by atoms with Gasteiger partial charge >= 0.3 is 0 Å². The number of rotatable bonds is 3. The van der Waals surface area contributed by atoms with E-state index in [1.54, 1.807) is 0 Å². The van der Waals surface area contributed by atoms with Crippen molar-refractivity contribution in [1.82, 2.24) is 4.98 Å². The van der Waals surface area contributed by atoms with Crippen LogP contribution in [0.2, 0.25) is 0 Å². The fourth-order valence-electron chi connectivity index (χ4n) is 1.46. The minimum absolute atomic E-state index is 0.0486. The molecule has 4 N–H and O–H groups in total. The molecule has 0 atom stereocenters.